The number of fused-ring (bicyclic) bond motifs is 11. The van der Waals surface area contributed by atoms with Gasteiger partial charge in [0.25, 0.3) is 0 Å². The van der Waals surface area contributed by atoms with Crippen LogP contribution in [-0.4, -0.2) is 4.40 Å². The van der Waals surface area contributed by atoms with E-state index in [1.54, 1.807) is 0 Å². The minimum Gasteiger partial charge on any atom is -0.456 e. The molecule has 0 saturated carbocycles. The second-order valence-corrected chi connectivity index (χ2v) is 24.2. The van der Waals surface area contributed by atoms with Gasteiger partial charge >= 0.3 is 0 Å². The van der Waals surface area contributed by atoms with E-state index in [0.717, 1.165) is 56.1 Å². The summed E-state index contributed by atoms with van der Waals surface area (Å²) < 4.78 is 9.43. The lowest BCUT2D eigenvalue weighted by Crippen LogP contribution is -2.10. The lowest BCUT2D eigenvalue weighted by molar-refractivity contribution is 0.590. The summed E-state index contributed by atoms with van der Waals surface area (Å²) in [6.07, 6.45) is 0. The van der Waals surface area contributed by atoms with Crippen LogP contribution in [0.3, 0.4) is 0 Å². The Morgan fingerprint density at radius 1 is 0.293 bits per heavy atom. The van der Waals surface area contributed by atoms with Crippen molar-refractivity contribution >= 4 is 105 Å². The molecule has 0 aliphatic rings. The van der Waals surface area contributed by atoms with Crippen molar-refractivity contribution < 1.29 is 4.42 Å². The van der Waals surface area contributed by atoms with Crippen LogP contribution in [0.1, 0.15) is 52.7 Å². The maximum absolute atomic E-state index is 6.91. The molecule has 0 aliphatic heterocycles. The van der Waals surface area contributed by atoms with Gasteiger partial charge in [-0.05, 0) is 169 Å². The van der Waals surface area contributed by atoms with E-state index in [-0.39, 0.29) is 10.8 Å². The fraction of sp³-hybridized carbons (Fsp3) is 0.103. The van der Waals surface area contributed by atoms with Gasteiger partial charge in [-0.25, -0.2) is 0 Å². The van der Waals surface area contributed by atoms with Gasteiger partial charge in [-0.1, -0.05) is 193 Å². The highest BCUT2D eigenvalue weighted by Crippen LogP contribution is 2.48. The maximum atomic E-state index is 6.91. The van der Waals surface area contributed by atoms with Crippen molar-refractivity contribution in [1.82, 2.24) is 4.40 Å². The van der Waals surface area contributed by atoms with E-state index in [1.807, 2.05) is 0 Å². The van der Waals surface area contributed by atoms with Gasteiger partial charge in [-0.2, -0.15) is 0 Å². The Morgan fingerprint density at radius 2 is 0.720 bits per heavy atom. The van der Waals surface area contributed by atoms with Crippen LogP contribution in [-0.2, 0) is 10.8 Å². The molecule has 0 bridgehead atoms. The number of para-hydroxylation sites is 2. The highest BCUT2D eigenvalue weighted by molar-refractivity contribution is 6.28. The minimum atomic E-state index is 0.102. The minimum absolute atomic E-state index is 0.102. The number of hydrogen-bond donors (Lipinski definition) is 0. The summed E-state index contributed by atoms with van der Waals surface area (Å²) in [5, 5.41) is 9.47. The number of benzene rings is 12. The van der Waals surface area contributed by atoms with E-state index in [2.05, 4.69) is 317 Å². The molecule has 3 heterocycles. The molecule has 4 nitrogen and oxygen atoms in total. The smallest absolute Gasteiger partial charge is 0.137 e. The number of furan rings is 1. The molecular weight excluding hydrogens is 995 g/mol. The van der Waals surface area contributed by atoms with Crippen LogP contribution < -0.4 is 9.80 Å². The normalized spacial score (nSPS) is 12.3. The lowest BCUT2D eigenvalue weighted by atomic mass is 9.86. The van der Waals surface area contributed by atoms with E-state index < -0.39 is 0 Å². The van der Waals surface area contributed by atoms with E-state index >= 15 is 0 Å². The summed E-state index contributed by atoms with van der Waals surface area (Å²) in [7, 11) is 0. The molecule has 0 atom stereocenters. The largest absolute Gasteiger partial charge is 0.456 e. The highest BCUT2D eigenvalue weighted by Gasteiger charge is 2.24. The molecule has 0 aliphatic carbocycles. The zero-order chi connectivity index (χ0) is 55.4. The summed E-state index contributed by atoms with van der Waals surface area (Å²) in [4.78, 5) is 4.71. The summed E-state index contributed by atoms with van der Waals surface area (Å²) in [5.74, 6) is 0. The second-order valence-electron chi connectivity index (χ2n) is 24.2. The number of anilines is 6. The SMILES string of the molecule is CC(C)(C)c1ccc(-c2ccc(N(c3ccccc3)c3ccc4c(c3)oc3ccc5cc6c(cc5c34)c3cc(-c4ccccc4)cc4c5ccc(N(c7ccccc7)c7ccc(-c8ccc(C(C)(C)C)cc8)cc7)cc5n6c43)cc2)cc1. The van der Waals surface area contributed by atoms with Gasteiger partial charge in [0.2, 0.25) is 0 Å². The van der Waals surface area contributed by atoms with Gasteiger partial charge in [0.15, 0.2) is 0 Å². The van der Waals surface area contributed by atoms with Crippen LogP contribution in [0.4, 0.5) is 34.1 Å². The summed E-state index contributed by atoms with van der Waals surface area (Å²) in [6, 6.07) is 96.0. The van der Waals surface area contributed by atoms with Gasteiger partial charge in [-0.3, -0.25) is 0 Å². The molecule has 82 heavy (non-hydrogen) atoms. The van der Waals surface area contributed by atoms with E-state index in [9.17, 15) is 0 Å². The molecular formula is C78H61N3O. The van der Waals surface area contributed by atoms with E-state index in [0.29, 0.717) is 0 Å². The zero-order valence-corrected chi connectivity index (χ0v) is 47.1. The summed E-state index contributed by atoms with van der Waals surface area (Å²) in [5.41, 5.74) is 21.8. The fourth-order valence-corrected chi connectivity index (χ4v) is 12.7. The standard InChI is InChI=1S/C78H61N3O/c1-77(2,3)57-31-22-51(23-32-57)53-26-35-61(36-27-53)79(59-18-12-8-13-19-59)63-39-41-65-69-44-56(50-16-10-7-11-17-50)45-70-68-49-67-55(46-71(68)81(76(69)70)72(65)47-63)30-43-73-75(67)66-42-40-64(48-74(66)82-73)80(60-20-14-9-15-21-60)62-37-28-54(29-38-62)52-24-33-58(34-25-52)78(4,5)6/h7-49H,1-6H3. The highest BCUT2D eigenvalue weighted by atomic mass is 16.3. The molecule has 0 fully saturated rings. The molecule has 0 spiro atoms. The Hall–Kier alpha value is -9.90. The number of aromatic nitrogens is 1. The first-order valence-electron chi connectivity index (χ1n) is 28.6. The van der Waals surface area contributed by atoms with Gasteiger partial charge < -0.3 is 18.6 Å². The number of hydrogen-bond acceptors (Lipinski definition) is 3. The van der Waals surface area contributed by atoms with Crippen molar-refractivity contribution in [1.29, 1.82) is 0 Å². The van der Waals surface area contributed by atoms with Crippen molar-refractivity contribution in [3.63, 3.8) is 0 Å². The average molecular weight is 1060 g/mol. The Labute approximate surface area is 478 Å². The van der Waals surface area contributed by atoms with Crippen LogP contribution in [0.15, 0.2) is 265 Å². The predicted molar refractivity (Wildman–Crippen MR) is 349 cm³/mol. The van der Waals surface area contributed by atoms with Crippen LogP contribution in [0.2, 0.25) is 0 Å². The quantitative estimate of drug-likeness (QED) is 0.144. The summed E-state index contributed by atoms with van der Waals surface area (Å²) in [6.45, 7) is 13.6. The van der Waals surface area contributed by atoms with E-state index in [4.69, 9.17) is 4.42 Å². The average Bonchev–Trinajstić information content (AvgIpc) is 1.77. The molecule has 0 unspecified atom stereocenters. The van der Waals surface area contributed by atoms with Crippen LogP contribution in [0.5, 0.6) is 0 Å². The Bertz CT molecular complexity index is 4870. The Kier molecular flexibility index (Phi) is 11.3. The topological polar surface area (TPSA) is 24.0 Å². The van der Waals surface area contributed by atoms with Crippen LogP contribution >= 0.6 is 0 Å². The molecule has 394 valence electrons. The van der Waals surface area contributed by atoms with Crippen LogP contribution in [0.25, 0.3) is 104 Å². The van der Waals surface area contributed by atoms with Gasteiger partial charge in [0.05, 0.1) is 16.6 Å². The molecule has 12 aromatic carbocycles. The van der Waals surface area contributed by atoms with Gasteiger partial charge in [-0.15, -0.1) is 0 Å². The van der Waals surface area contributed by atoms with Crippen molar-refractivity contribution in [3.8, 4) is 33.4 Å². The molecule has 4 heteroatoms. The van der Waals surface area contributed by atoms with Gasteiger partial charge in [0, 0.05) is 72.5 Å². The molecule has 0 saturated heterocycles. The van der Waals surface area contributed by atoms with Crippen LogP contribution in [0, 0.1) is 0 Å². The first kappa shape index (κ1) is 49.2. The van der Waals surface area contributed by atoms with Gasteiger partial charge in [0.1, 0.15) is 11.2 Å². The third-order valence-corrected chi connectivity index (χ3v) is 17.0. The lowest BCUT2D eigenvalue weighted by Gasteiger charge is -2.26. The molecule has 15 aromatic rings. The maximum Gasteiger partial charge on any atom is 0.137 e. The molecule has 3 aromatic heterocycles. The number of nitrogens with zero attached hydrogens (tertiary/aromatic N) is 3. The summed E-state index contributed by atoms with van der Waals surface area (Å²) >= 11 is 0. The Balaban J connectivity index is 0.869. The first-order valence-corrected chi connectivity index (χ1v) is 28.6. The van der Waals surface area contributed by atoms with Crippen molar-refractivity contribution in [3.05, 3.63) is 272 Å². The van der Waals surface area contributed by atoms with Crippen molar-refractivity contribution in [2.45, 2.75) is 52.4 Å². The molecule has 0 radical (unpaired) electrons. The predicted octanol–water partition coefficient (Wildman–Crippen LogP) is 22.4. The third kappa shape index (κ3) is 8.28. The zero-order valence-electron chi connectivity index (χ0n) is 47.1. The first-order chi connectivity index (χ1) is 39.9. The van der Waals surface area contributed by atoms with E-state index in [1.165, 1.54) is 93.4 Å². The Morgan fingerprint density at radius 3 is 1.24 bits per heavy atom. The van der Waals surface area contributed by atoms with Crippen molar-refractivity contribution in [2.75, 3.05) is 9.80 Å². The monoisotopic (exact) mass is 1060 g/mol. The second kappa shape index (κ2) is 18.9. The molecule has 0 N–H and O–H groups in total. The number of rotatable bonds is 9. The molecule has 0 amide bonds. The molecule has 15 rings (SSSR count). The van der Waals surface area contributed by atoms with Crippen molar-refractivity contribution in [2.24, 2.45) is 0 Å². The third-order valence-electron chi connectivity index (χ3n) is 17.0. The fourth-order valence-electron chi connectivity index (χ4n) is 12.7.